The molecule has 0 unspecified atom stereocenters. The van der Waals surface area contributed by atoms with E-state index in [2.05, 4.69) is 60.7 Å². The van der Waals surface area contributed by atoms with Crippen LogP contribution >= 0.6 is 0 Å². The van der Waals surface area contributed by atoms with E-state index >= 15 is 0 Å². The predicted octanol–water partition coefficient (Wildman–Crippen LogP) is 3.91. The molecule has 0 nitrogen and oxygen atoms in total. The first-order chi connectivity index (χ1) is 8.43. The van der Waals surface area contributed by atoms with Crippen LogP contribution in [-0.4, -0.2) is 0 Å². The summed E-state index contributed by atoms with van der Waals surface area (Å²) in [5.41, 5.74) is 1.35. The Morgan fingerprint density at radius 3 is 2.47 bits per heavy atom. The standard InChI is InChI=1S/C17H12/c1-2-5-13-9-11-15-7-3-6-14-10-8-12(4-1)16(13)17(14)15/h1,3-11H,2H2. The average Bonchev–Trinajstić information content (AvgIpc) is 2.59. The highest BCUT2D eigenvalue weighted by Crippen LogP contribution is 2.28. The SMILES string of the molecule is C1=Cc2ccc3cccc4ccc(c2c34)=CC1. The molecule has 1 aliphatic carbocycles. The maximum absolute atomic E-state index is 2.31. The van der Waals surface area contributed by atoms with E-state index in [-0.39, 0.29) is 0 Å². The predicted molar refractivity (Wildman–Crippen MR) is 74.8 cm³/mol. The Labute approximate surface area is 99.9 Å². The number of hydrogen-bond donors (Lipinski definition) is 0. The van der Waals surface area contributed by atoms with Gasteiger partial charge in [-0.15, -0.1) is 0 Å². The summed E-state index contributed by atoms with van der Waals surface area (Å²) in [6.45, 7) is 0. The van der Waals surface area contributed by atoms with Gasteiger partial charge in [-0.3, -0.25) is 0 Å². The fraction of sp³-hybridized carbons (Fsp3) is 0.0588. The van der Waals surface area contributed by atoms with Crippen LogP contribution in [0.25, 0.3) is 33.7 Å². The summed E-state index contributed by atoms with van der Waals surface area (Å²) < 4.78 is 0. The first-order valence-corrected chi connectivity index (χ1v) is 6.04. The molecule has 0 heteroatoms. The summed E-state index contributed by atoms with van der Waals surface area (Å²) in [6, 6.07) is 15.5. The van der Waals surface area contributed by atoms with Crippen molar-refractivity contribution in [3.63, 3.8) is 0 Å². The summed E-state index contributed by atoms with van der Waals surface area (Å²) in [5, 5.41) is 6.87. The molecule has 0 atom stereocenters. The number of hydrogen-bond acceptors (Lipinski definition) is 0. The van der Waals surface area contributed by atoms with Crippen LogP contribution in [0, 0.1) is 0 Å². The molecule has 0 bridgehead atoms. The lowest BCUT2D eigenvalue weighted by molar-refractivity contribution is 1.51. The molecule has 0 N–H and O–H groups in total. The van der Waals surface area contributed by atoms with Crippen LogP contribution in [0.15, 0.2) is 48.5 Å². The van der Waals surface area contributed by atoms with Crippen LogP contribution in [0.2, 0.25) is 0 Å². The van der Waals surface area contributed by atoms with Gasteiger partial charge in [-0.05, 0) is 38.7 Å². The lowest BCUT2D eigenvalue weighted by Crippen LogP contribution is -2.02. The fourth-order valence-electron chi connectivity index (χ4n) is 2.84. The van der Waals surface area contributed by atoms with E-state index in [0.29, 0.717) is 0 Å². The lowest BCUT2D eigenvalue weighted by Gasteiger charge is -2.08. The molecule has 0 saturated heterocycles. The van der Waals surface area contributed by atoms with Crippen LogP contribution in [0.1, 0.15) is 12.0 Å². The molecule has 1 aliphatic rings. The molecule has 0 aromatic heterocycles. The maximum atomic E-state index is 2.31. The van der Waals surface area contributed by atoms with Crippen molar-refractivity contribution in [2.75, 3.05) is 0 Å². The molecule has 0 saturated carbocycles. The van der Waals surface area contributed by atoms with Crippen LogP contribution in [-0.2, 0) is 0 Å². The van der Waals surface area contributed by atoms with Gasteiger partial charge in [-0.2, -0.15) is 0 Å². The average molecular weight is 216 g/mol. The van der Waals surface area contributed by atoms with Crippen molar-refractivity contribution in [3.05, 3.63) is 59.3 Å². The minimum atomic E-state index is 1.03. The van der Waals surface area contributed by atoms with Crippen LogP contribution in [0.4, 0.5) is 0 Å². The molecule has 17 heavy (non-hydrogen) atoms. The molecule has 0 radical (unpaired) electrons. The molecular formula is C17H12. The van der Waals surface area contributed by atoms with Gasteiger partial charge in [0.2, 0.25) is 0 Å². The van der Waals surface area contributed by atoms with Gasteiger partial charge >= 0.3 is 0 Å². The highest BCUT2D eigenvalue weighted by Gasteiger charge is 2.07. The van der Waals surface area contributed by atoms with Crippen molar-refractivity contribution in [2.45, 2.75) is 6.42 Å². The Morgan fingerprint density at radius 1 is 0.765 bits per heavy atom. The molecule has 4 rings (SSSR count). The lowest BCUT2D eigenvalue weighted by atomic mass is 9.95. The summed E-state index contributed by atoms with van der Waals surface area (Å²) in [5.74, 6) is 0. The molecule has 0 amide bonds. The summed E-state index contributed by atoms with van der Waals surface area (Å²) >= 11 is 0. The van der Waals surface area contributed by atoms with Crippen molar-refractivity contribution in [2.24, 2.45) is 0 Å². The molecule has 0 spiro atoms. The summed E-state index contributed by atoms with van der Waals surface area (Å²) in [6.07, 6.45) is 7.82. The Morgan fingerprint density at radius 2 is 1.59 bits per heavy atom. The van der Waals surface area contributed by atoms with E-state index < -0.39 is 0 Å². The van der Waals surface area contributed by atoms with Gasteiger partial charge in [0, 0.05) is 0 Å². The molecule has 0 aliphatic heterocycles. The highest BCUT2D eigenvalue weighted by atomic mass is 14.1. The van der Waals surface area contributed by atoms with Gasteiger partial charge in [0.05, 0.1) is 0 Å². The van der Waals surface area contributed by atoms with E-state index in [1.807, 2.05) is 0 Å². The zero-order valence-corrected chi connectivity index (χ0v) is 9.48. The first-order valence-electron chi connectivity index (χ1n) is 6.04. The van der Waals surface area contributed by atoms with Crippen LogP contribution in [0.5, 0.6) is 0 Å². The minimum absolute atomic E-state index is 1.03. The van der Waals surface area contributed by atoms with E-state index in [1.165, 1.54) is 32.3 Å². The van der Waals surface area contributed by atoms with Gasteiger partial charge in [0.1, 0.15) is 0 Å². The smallest absolute Gasteiger partial charge is 0.00269 e. The molecule has 0 heterocycles. The number of allylic oxidation sites excluding steroid dienone is 1. The summed E-state index contributed by atoms with van der Waals surface area (Å²) in [4.78, 5) is 0. The van der Waals surface area contributed by atoms with E-state index in [1.54, 1.807) is 0 Å². The van der Waals surface area contributed by atoms with E-state index in [0.717, 1.165) is 6.42 Å². The Kier molecular flexibility index (Phi) is 1.70. The van der Waals surface area contributed by atoms with Crippen molar-refractivity contribution in [3.8, 4) is 0 Å². The zero-order valence-electron chi connectivity index (χ0n) is 9.48. The number of rotatable bonds is 0. The fourth-order valence-corrected chi connectivity index (χ4v) is 2.84. The second-order valence-corrected chi connectivity index (χ2v) is 4.61. The Hall–Kier alpha value is -2.08. The third-order valence-corrected chi connectivity index (χ3v) is 3.61. The monoisotopic (exact) mass is 216 g/mol. The normalized spacial score (nSPS) is 13.9. The molecular weight excluding hydrogens is 204 g/mol. The van der Waals surface area contributed by atoms with Gasteiger partial charge in [0.25, 0.3) is 0 Å². The quantitative estimate of drug-likeness (QED) is 0.534. The zero-order chi connectivity index (χ0) is 11.2. The first kappa shape index (κ1) is 9.00. The maximum Gasteiger partial charge on any atom is -0.00269 e. The largest absolute Gasteiger partial charge is 0.0801 e. The summed E-state index contributed by atoms with van der Waals surface area (Å²) in [7, 11) is 0. The van der Waals surface area contributed by atoms with E-state index in [9.17, 15) is 0 Å². The third-order valence-electron chi connectivity index (χ3n) is 3.61. The van der Waals surface area contributed by atoms with Crippen molar-refractivity contribution >= 4 is 33.7 Å². The van der Waals surface area contributed by atoms with Gasteiger partial charge in [-0.25, -0.2) is 0 Å². The molecule has 80 valence electrons. The Balaban J connectivity index is 2.43. The third kappa shape index (κ3) is 1.18. The number of benzene rings is 3. The van der Waals surface area contributed by atoms with Crippen LogP contribution < -0.4 is 5.22 Å². The van der Waals surface area contributed by atoms with Crippen molar-refractivity contribution in [1.82, 2.24) is 0 Å². The second-order valence-electron chi connectivity index (χ2n) is 4.61. The van der Waals surface area contributed by atoms with E-state index in [4.69, 9.17) is 0 Å². The second kappa shape index (κ2) is 3.21. The minimum Gasteiger partial charge on any atom is -0.0801 e. The molecule has 0 fully saturated rings. The molecule has 3 aromatic carbocycles. The Bertz CT molecular complexity index is 791. The van der Waals surface area contributed by atoms with Gasteiger partial charge < -0.3 is 0 Å². The van der Waals surface area contributed by atoms with Crippen molar-refractivity contribution in [1.29, 1.82) is 0 Å². The topological polar surface area (TPSA) is 0 Å². The van der Waals surface area contributed by atoms with Gasteiger partial charge in [-0.1, -0.05) is 60.7 Å². The van der Waals surface area contributed by atoms with Gasteiger partial charge in [0.15, 0.2) is 0 Å². The van der Waals surface area contributed by atoms with Crippen LogP contribution in [0.3, 0.4) is 0 Å². The highest BCUT2D eigenvalue weighted by molar-refractivity contribution is 6.13. The van der Waals surface area contributed by atoms with Crippen molar-refractivity contribution < 1.29 is 0 Å². The molecule has 3 aromatic rings.